The summed E-state index contributed by atoms with van der Waals surface area (Å²) in [5, 5.41) is 9.99. The van der Waals surface area contributed by atoms with Crippen molar-refractivity contribution < 1.29 is 9.47 Å². The van der Waals surface area contributed by atoms with Crippen LogP contribution < -0.4 is 0 Å². The van der Waals surface area contributed by atoms with Gasteiger partial charge in [-0.1, -0.05) is 38.3 Å². The van der Waals surface area contributed by atoms with Crippen LogP contribution in [0, 0.1) is 3.57 Å². The van der Waals surface area contributed by atoms with Crippen molar-refractivity contribution in [1.82, 2.24) is 39.3 Å². The molecule has 0 N–H and O–H groups in total. The molecule has 0 atom stereocenters. The second-order valence-electron chi connectivity index (χ2n) is 12.0. The van der Waals surface area contributed by atoms with Crippen LogP contribution in [0.5, 0.6) is 0 Å². The smallest absolute Gasteiger partial charge is 0.129 e. The van der Waals surface area contributed by atoms with Crippen LogP contribution in [0.25, 0.3) is 22.2 Å². The summed E-state index contributed by atoms with van der Waals surface area (Å²) in [6.45, 7) is 16.3. The van der Waals surface area contributed by atoms with Crippen molar-refractivity contribution in [3.05, 3.63) is 56.9 Å². The first kappa shape index (κ1) is 35.2. The number of rotatable bonds is 13. The van der Waals surface area contributed by atoms with Crippen LogP contribution in [0.2, 0.25) is 5.15 Å². The van der Waals surface area contributed by atoms with Crippen LogP contribution in [0.1, 0.15) is 50.9 Å². The van der Waals surface area contributed by atoms with Gasteiger partial charge in [-0.25, -0.2) is 4.98 Å². The standard InChI is InChI=1S/C21H26ClN5O.C13H22IN3O/c1-2-4-18-17(16-13-20-19(23-14-16)5-6-21(22)24-20)15-27(25-18)8-3-7-26-9-11-28-12-10-26;1-2-4-13-12(14)11-17(15-13)6-3-5-16-7-9-18-10-8-16/h5-6,13-15H,2-4,7-12H2,1H3;11H,2-10H2,1H3. The molecule has 4 aromatic rings. The number of halogens is 2. The van der Waals surface area contributed by atoms with Gasteiger partial charge in [0.05, 0.1) is 52.4 Å². The second kappa shape index (κ2) is 18.4. The van der Waals surface area contributed by atoms with Crippen LogP contribution in [-0.4, -0.2) is 105 Å². The zero-order valence-corrected chi connectivity index (χ0v) is 30.3. The normalized spacial score (nSPS) is 16.1. The minimum absolute atomic E-state index is 0.485. The number of ether oxygens (including phenoxy) is 2. The molecule has 2 fully saturated rings. The molecule has 0 aromatic carbocycles. The highest BCUT2D eigenvalue weighted by atomic mass is 127. The number of morpholine rings is 2. The molecular formula is C34H48ClIN8O2. The second-order valence-corrected chi connectivity index (χ2v) is 13.5. The number of hydrogen-bond donors (Lipinski definition) is 0. The van der Waals surface area contributed by atoms with Crippen molar-refractivity contribution in [3.63, 3.8) is 0 Å². The largest absolute Gasteiger partial charge is 0.379 e. The molecule has 2 aliphatic heterocycles. The van der Waals surface area contributed by atoms with Gasteiger partial charge in [0.15, 0.2) is 0 Å². The lowest BCUT2D eigenvalue weighted by atomic mass is 10.1. The SMILES string of the molecule is CCCc1nn(CCCN2CCOCC2)cc1-c1cnc2ccc(Cl)nc2c1.CCCc1nn(CCCN2CCOCC2)cc1I. The fourth-order valence-electron chi connectivity index (χ4n) is 5.89. The van der Waals surface area contributed by atoms with E-state index in [1.165, 1.54) is 22.1 Å². The summed E-state index contributed by atoms with van der Waals surface area (Å²) in [6.07, 6.45) is 12.8. The van der Waals surface area contributed by atoms with Gasteiger partial charge in [0, 0.05) is 82.1 Å². The van der Waals surface area contributed by atoms with E-state index in [1.807, 2.05) is 12.3 Å². The molecule has 4 aromatic heterocycles. The predicted octanol–water partition coefficient (Wildman–Crippen LogP) is 5.98. The molecule has 2 aliphatic rings. The molecule has 2 saturated heterocycles. The van der Waals surface area contributed by atoms with Gasteiger partial charge in [-0.05, 0) is 66.5 Å². The third kappa shape index (κ3) is 10.4. The van der Waals surface area contributed by atoms with E-state index >= 15 is 0 Å². The first-order chi connectivity index (χ1) is 22.5. The zero-order chi connectivity index (χ0) is 32.1. The maximum atomic E-state index is 6.06. The molecule has 0 unspecified atom stereocenters. The van der Waals surface area contributed by atoms with Crippen LogP contribution in [0.3, 0.4) is 0 Å². The summed E-state index contributed by atoms with van der Waals surface area (Å²) < 4.78 is 16.3. The number of hydrogen-bond acceptors (Lipinski definition) is 8. The van der Waals surface area contributed by atoms with Crippen molar-refractivity contribution in [2.45, 2.75) is 65.5 Å². The molecule has 10 nitrogen and oxygen atoms in total. The lowest BCUT2D eigenvalue weighted by molar-refractivity contribution is 0.0367. The minimum atomic E-state index is 0.485. The fourth-order valence-corrected chi connectivity index (χ4v) is 6.74. The Kier molecular flexibility index (Phi) is 14.1. The summed E-state index contributed by atoms with van der Waals surface area (Å²) in [5.74, 6) is 0. The third-order valence-electron chi connectivity index (χ3n) is 8.34. The lowest BCUT2D eigenvalue weighted by Crippen LogP contribution is -2.37. The first-order valence-electron chi connectivity index (χ1n) is 16.8. The number of pyridine rings is 2. The van der Waals surface area contributed by atoms with Gasteiger partial charge >= 0.3 is 0 Å². The highest BCUT2D eigenvalue weighted by Gasteiger charge is 2.14. The highest BCUT2D eigenvalue weighted by molar-refractivity contribution is 14.1. The monoisotopic (exact) mass is 762 g/mol. The van der Waals surface area contributed by atoms with Gasteiger partial charge in [-0.2, -0.15) is 10.2 Å². The quantitative estimate of drug-likeness (QED) is 0.122. The molecule has 0 bridgehead atoms. The molecule has 0 saturated carbocycles. The van der Waals surface area contributed by atoms with E-state index in [-0.39, 0.29) is 0 Å². The van der Waals surface area contributed by atoms with Crippen molar-refractivity contribution in [3.8, 4) is 11.1 Å². The Labute approximate surface area is 291 Å². The van der Waals surface area contributed by atoms with Crippen LogP contribution >= 0.6 is 34.2 Å². The Bertz CT molecular complexity index is 1500. The minimum Gasteiger partial charge on any atom is -0.379 e. The maximum Gasteiger partial charge on any atom is 0.129 e. The molecule has 250 valence electrons. The number of aromatic nitrogens is 6. The van der Waals surface area contributed by atoms with E-state index in [0.717, 1.165) is 132 Å². The average Bonchev–Trinajstić information content (AvgIpc) is 3.64. The zero-order valence-electron chi connectivity index (χ0n) is 27.3. The van der Waals surface area contributed by atoms with Gasteiger partial charge in [0.1, 0.15) is 5.15 Å². The van der Waals surface area contributed by atoms with Crippen LogP contribution in [-0.2, 0) is 35.4 Å². The van der Waals surface area contributed by atoms with Crippen molar-refractivity contribution in [2.75, 3.05) is 65.7 Å². The Morgan fingerprint density at radius 2 is 1.35 bits per heavy atom. The van der Waals surface area contributed by atoms with E-state index in [0.29, 0.717) is 5.15 Å². The van der Waals surface area contributed by atoms with E-state index in [9.17, 15) is 0 Å². The molecule has 0 spiro atoms. The van der Waals surface area contributed by atoms with E-state index < -0.39 is 0 Å². The van der Waals surface area contributed by atoms with Gasteiger partial charge < -0.3 is 9.47 Å². The number of fused-ring (bicyclic) bond motifs is 1. The predicted molar refractivity (Wildman–Crippen MR) is 192 cm³/mol. The molecule has 0 amide bonds. The summed E-state index contributed by atoms with van der Waals surface area (Å²) in [4.78, 5) is 13.9. The third-order valence-corrected chi connectivity index (χ3v) is 9.46. The van der Waals surface area contributed by atoms with Gasteiger partial charge in [0.2, 0.25) is 0 Å². The summed E-state index contributed by atoms with van der Waals surface area (Å²) in [7, 11) is 0. The Balaban J connectivity index is 0.000000200. The Hall–Kier alpha value is -2.16. The van der Waals surface area contributed by atoms with Crippen molar-refractivity contribution >= 4 is 45.2 Å². The molecule has 6 heterocycles. The van der Waals surface area contributed by atoms with E-state index in [4.69, 9.17) is 26.2 Å². The number of aryl methyl sites for hydroxylation is 4. The molecule has 0 aliphatic carbocycles. The van der Waals surface area contributed by atoms with Crippen molar-refractivity contribution in [2.24, 2.45) is 0 Å². The molecule has 6 rings (SSSR count). The number of nitrogens with zero attached hydrogens (tertiary/aromatic N) is 8. The molecule has 12 heteroatoms. The van der Waals surface area contributed by atoms with Crippen LogP contribution in [0.4, 0.5) is 0 Å². The Morgan fingerprint density at radius 3 is 1.98 bits per heavy atom. The van der Waals surface area contributed by atoms with Gasteiger partial charge in [-0.15, -0.1) is 0 Å². The fraction of sp³-hybridized carbons (Fsp3) is 0.588. The van der Waals surface area contributed by atoms with E-state index in [2.05, 4.69) is 89.1 Å². The first-order valence-corrected chi connectivity index (χ1v) is 18.3. The molecule has 46 heavy (non-hydrogen) atoms. The highest BCUT2D eigenvalue weighted by Crippen LogP contribution is 2.26. The van der Waals surface area contributed by atoms with E-state index in [1.54, 1.807) is 6.07 Å². The molecular weight excluding hydrogens is 715 g/mol. The summed E-state index contributed by atoms with van der Waals surface area (Å²) in [5.41, 5.74) is 6.23. The average molecular weight is 763 g/mol. The summed E-state index contributed by atoms with van der Waals surface area (Å²) >= 11 is 8.45. The van der Waals surface area contributed by atoms with Crippen LogP contribution in [0.15, 0.2) is 36.8 Å². The lowest BCUT2D eigenvalue weighted by Gasteiger charge is -2.26. The molecule has 0 radical (unpaired) electrons. The maximum absolute atomic E-state index is 6.06. The van der Waals surface area contributed by atoms with Gasteiger partial charge in [0.25, 0.3) is 0 Å². The van der Waals surface area contributed by atoms with Crippen molar-refractivity contribution in [1.29, 1.82) is 0 Å². The summed E-state index contributed by atoms with van der Waals surface area (Å²) in [6, 6.07) is 5.73. The van der Waals surface area contributed by atoms with Gasteiger partial charge in [-0.3, -0.25) is 24.1 Å². The topological polar surface area (TPSA) is 86.4 Å². The Morgan fingerprint density at radius 1 is 0.761 bits per heavy atom.